The van der Waals surface area contributed by atoms with E-state index in [1.54, 1.807) is 25.1 Å². The van der Waals surface area contributed by atoms with Gasteiger partial charge in [0.2, 0.25) is 15.9 Å². The number of carbonyl (C=O) groups is 2. The number of benzene rings is 2. The van der Waals surface area contributed by atoms with E-state index >= 15 is 0 Å². The van der Waals surface area contributed by atoms with Crippen LogP contribution in [-0.2, 0) is 19.6 Å². The summed E-state index contributed by atoms with van der Waals surface area (Å²) in [5.74, 6) is -1.26. The molecule has 2 aromatic carbocycles. The van der Waals surface area contributed by atoms with Crippen molar-refractivity contribution in [1.82, 2.24) is 4.31 Å². The van der Waals surface area contributed by atoms with Gasteiger partial charge in [-0.15, -0.1) is 0 Å². The van der Waals surface area contributed by atoms with E-state index in [0.717, 1.165) is 0 Å². The summed E-state index contributed by atoms with van der Waals surface area (Å²) in [5.41, 5.74) is 1.46. The highest BCUT2D eigenvalue weighted by Crippen LogP contribution is 2.27. The molecule has 1 atom stereocenters. The van der Waals surface area contributed by atoms with Crippen molar-refractivity contribution in [3.63, 3.8) is 0 Å². The number of anilines is 1. The molecule has 0 saturated carbocycles. The maximum absolute atomic E-state index is 12.9. The Labute approximate surface area is 181 Å². The molecule has 1 amide bonds. The Balaban J connectivity index is 1.75. The number of halogens is 1. The van der Waals surface area contributed by atoms with Crippen molar-refractivity contribution >= 4 is 39.2 Å². The lowest BCUT2D eigenvalue weighted by molar-refractivity contribution is -0.120. The molecule has 1 heterocycles. The van der Waals surface area contributed by atoms with Gasteiger partial charge < -0.3 is 10.1 Å². The first kappa shape index (κ1) is 22.3. The molecule has 3 rings (SSSR count). The van der Waals surface area contributed by atoms with Crippen LogP contribution in [0.1, 0.15) is 28.8 Å². The lowest BCUT2D eigenvalue weighted by Crippen LogP contribution is -2.43. The lowest BCUT2D eigenvalue weighted by atomic mass is 9.98. The van der Waals surface area contributed by atoms with Crippen molar-refractivity contribution in [2.45, 2.75) is 24.7 Å². The molecular weight excluding hydrogens is 428 g/mol. The molecule has 1 aliphatic heterocycles. The number of carbonyl (C=O) groups excluding carboxylic acids is 2. The summed E-state index contributed by atoms with van der Waals surface area (Å²) in [7, 11) is -2.42. The van der Waals surface area contributed by atoms with Gasteiger partial charge in [-0.2, -0.15) is 4.31 Å². The van der Waals surface area contributed by atoms with E-state index in [4.69, 9.17) is 16.3 Å². The second-order valence-corrected chi connectivity index (χ2v) is 9.49. The molecule has 1 N–H and O–H groups in total. The van der Waals surface area contributed by atoms with Gasteiger partial charge in [0.25, 0.3) is 0 Å². The summed E-state index contributed by atoms with van der Waals surface area (Å²) in [6.45, 7) is 2.16. The minimum absolute atomic E-state index is 0.0898. The molecule has 9 heteroatoms. The van der Waals surface area contributed by atoms with Crippen molar-refractivity contribution in [3.05, 3.63) is 58.6 Å². The fourth-order valence-electron chi connectivity index (χ4n) is 3.47. The van der Waals surface area contributed by atoms with E-state index in [-0.39, 0.29) is 17.3 Å². The number of piperidine rings is 1. The molecule has 1 unspecified atom stereocenters. The number of nitrogens with zero attached hydrogens (tertiary/aromatic N) is 1. The molecule has 1 aliphatic rings. The third-order valence-corrected chi connectivity index (χ3v) is 7.33. The van der Waals surface area contributed by atoms with Gasteiger partial charge in [0.1, 0.15) is 0 Å². The first-order valence-corrected chi connectivity index (χ1v) is 11.3. The highest BCUT2D eigenvalue weighted by atomic mass is 35.5. The number of hydrogen-bond donors (Lipinski definition) is 1. The monoisotopic (exact) mass is 450 g/mol. The van der Waals surface area contributed by atoms with Crippen LogP contribution in [-0.4, -0.2) is 44.8 Å². The second-order valence-electron chi connectivity index (χ2n) is 7.12. The summed E-state index contributed by atoms with van der Waals surface area (Å²) in [6, 6.07) is 11.0. The highest BCUT2D eigenvalue weighted by Gasteiger charge is 2.33. The molecule has 2 aromatic rings. The first-order valence-electron chi connectivity index (χ1n) is 9.48. The predicted octanol–water partition coefficient (Wildman–Crippen LogP) is 3.47. The molecule has 1 fully saturated rings. The predicted molar refractivity (Wildman–Crippen MR) is 114 cm³/mol. The van der Waals surface area contributed by atoms with E-state index < -0.39 is 21.9 Å². The van der Waals surface area contributed by atoms with E-state index in [9.17, 15) is 18.0 Å². The SMILES string of the molecule is COC(=O)c1cccc(NC(=O)C2CCCN(S(=O)(=O)c3ccc(Cl)cc3)C2)c1C. The number of amides is 1. The quantitative estimate of drug-likeness (QED) is 0.704. The number of ether oxygens (including phenoxy) is 1. The minimum Gasteiger partial charge on any atom is -0.465 e. The zero-order valence-corrected chi connectivity index (χ0v) is 18.3. The Morgan fingerprint density at radius 2 is 1.87 bits per heavy atom. The fraction of sp³-hybridized carbons (Fsp3) is 0.333. The van der Waals surface area contributed by atoms with E-state index in [1.165, 1.54) is 35.7 Å². The second kappa shape index (κ2) is 9.16. The number of rotatable bonds is 5. The van der Waals surface area contributed by atoms with Gasteiger partial charge >= 0.3 is 5.97 Å². The van der Waals surface area contributed by atoms with Crippen molar-refractivity contribution in [2.75, 3.05) is 25.5 Å². The molecule has 1 saturated heterocycles. The summed E-state index contributed by atoms with van der Waals surface area (Å²) in [4.78, 5) is 24.9. The van der Waals surface area contributed by atoms with Gasteiger partial charge in [-0.3, -0.25) is 4.79 Å². The summed E-state index contributed by atoms with van der Waals surface area (Å²) in [5, 5.41) is 3.29. The minimum atomic E-state index is -3.71. The topological polar surface area (TPSA) is 92.8 Å². The zero-order chi connectivity index (χ0) is 21.9. The van der Waals surface area contributed by atoms with Gasteiger partial charge in [0.05, 0.1) is 23.5 Å². The Morgan fingerprint density at radius 3 is 2.53 bits per heavy atom. The van der Waals surface area contributed by atoms with Crippen LogP contribution < -0.4 is 5.32 Å². The summed E-state index contributed by atoms with van der Waals surface area (Å²) in [6.07, 6.45) is 1.15. The van der Waals surface area contributed by atoms with Gasteiger partial charge in [-0.25, -0.2) is 13.2 Å². The standard InChI is InChI=1S/C21H23ClN2O5S/c1-14-18(21(26)29-2)6-3-7-19(14)23-20(25)15-5-4-12-24(13-15)30(27,28)17-10-8-16(22)9-11-17/h3,6-11,15H,4-5,12-13H2,1-2H3,(H,23,25). The Kier molecular flexibility index (Phi) is 6.80. The molecule has 160 valence electrons. The van der Waals surface area contributed by atoms with Crippen molar-refractivity contribution < 1.29 is 22.7 Å². The summed E-state index contributed by atoms with van der Waals surface area (Å²) >= 11 is 5.85. The van der Waals surface area contributed by atoms with Crippen LogP contribution in [0, 0.1) is 12.8 Å². The van der Waals surface area contributed by atoms with Crippen molar-refractivity contribution in [2.24, 2.45) is 5.92 Å². The molecule has 30 heavy (non-hydrogen) atoms. The third-order valence-electron chi connectivity index (χ3n) is 5.20. The summed E-state index contributed by atoms with van der Waals surface area (Å²) < 4.78 is 32.0. The first-order chi connectivity index (χ1) is 14.2. The van der Waals surface area contributed by atoms with Crippen LogP contribution in [0.2, 0.25) is 5.02 Å². The molecule has 0 aliphatic carbocycles. The Morgan fingerprint density at radius 1 is 1.17 bits per heavy atom. The largest absolute Gasteiger partial charge is 0.465 e. The van der Waals surface area contributed by atoms with Gasteiger partial charge in [-0.1, -0.05) is 17.7 Å². The third kappa shape index (κ3) is 4.66. The van der Waals surface area contributed by atoms with Gasteiger partial charge in [0, 0.05) is 23.8 Å². The van der Waals surface area contributed by atoms with Crippen LogP contribution in [0.3, 0.4) is 0 Å². The van der Waals surface area contributed by atoms with Crippen molar-refractivity contribution in [3.8, 4) is 0 Å². The molecule has 0 bridgehead atoms. The number of methoxy groups -OCH3 is 1. The van der Waals surface area contributed by atoms with E-state index in [2.05, 4.69) is 5.32 Å². The van der Waals surface area contributed by atoms with Crippen LogP contribution >= 0.6 is 11.6 Å². The van der Waals surface area contributed by atoms with Crippen molar-refractivity contribution in [1.29, 1.82) is 0 Å². The van der Waals surface area contributed by atoms with Crippen LogP contribution in [0.15, 0.2) is 47.4 Å². The number of nitrogens with one attached hydrogen (secondary N) is 1. The average Bonchev–Trinajstić information content (AvgIpc) is 2.75. The molecule has 0 aromatic heterocycles. The number of sulfonamides is 1. The number of hydrogen-bond acceptors (Lipinski definition) is 5. The normalized spacial score (nSPS) is 17.4. The maximum Gasteiger partial charge on any atom is 0.338 e. The van der Waals surface area contributed by atoms with E-state index in [1.807, 2.05) is 0 Å². The molecule has 0 radical (unpaired) electrons. The Hall–Kier alpha value is -2.42. The maximum atomic E-state index is 12.9. The molecule has 0 spiro atoms. The highest BCUT2D eigenvalue weighted by molar-refractivity contribution is 7.89. The van der Waals surface area contributed by atoms with Crippen LogP contribution in [0.4, 0.5) is 5.69 Å². The Bertz CT molecular complexity index is 1050. The van der Waals surface area contributed by atoms with Crippen LogP contribution in [0.25, 0.3) is 0 Å². The number of esters is 1. The molecular formula is C21H23ClN2O5S. The fourth-order valence-corrected chi connectivity index (χ4v) is 5.12. The van der Waals surface area contributed by atoms with Crippen LogP contribution in [0.5, 0.6) is 0 Å². The lowest BCUT2D eigenvalue weighted by Gasteiger charge is -2.31. The van der Waals surface area contributed by atoms with Gasteiger partial charge in [-0.05, 0) is 61.7 Å². The van der Waals surface area contributed by atoms with Gasteiger partial charge in [0.15, 0.2) is 0 Å². The van der Waals surface area contributed by atoms with E-state index in [0.29, 0.717) is 41.2 Å². The average molecular weight is 451 g/mol. The molecule has 7 nitrogen and oxygen atoms in total. The smallest absolute Gasteiger partial charge is 0.338 e. The zero-order valence-electron chi connectivity index (χ0n) is 16.7.